The fourth-order valence-corrected chi connectivity index (χ4v) is 2.22. The standard InChI is InChI=1S/C15H13NO2/c1-11-9-12-5-2-3-6-13(12)16(11)10-14(17)15-7-4-8-18-15/h2-9H,10H2,1H3. The Labute approximate surface area is 105 Å². The largest absolute Gasteiger partial charge is 0.461 e. The Morgan fingerprint density at radius 1 is 1.22 bits per heavy atom. The Kier molecular flexibility index (Phi) is 2.52. The molecule has 0 saturated carbocycles. The molecule has 3 rings (SSSR count). The molecule has 3 nitrogen and oxygen atoms in total. The van der Waals surface area contributed by atoms with E-state index in [1.165, 1.54) is 6.26 Å². The molecule has 0 aliphatic rings. The molecule has 2 heterocycles. The lowest BCUT2D eigenvalue weighted by atomic mass is 10.2. The van der Waals surface area contributed by atoms with Crippen molar-refractivity contribution in [1.82, 2.24) is 4.57 Å². The molecule has 0 N–H and O–H groups in total. The van der Waals surface area contributed by atoms with Gasteiger partial charge in [-0.2, -0.15) is 0 Å². The first-order valence-electron chi connectivity index (χ1n) is 5.87. The third-order valence-electron chi connectivity index (χ3n) is 3.12. The number of aryl methyl sites for hydroxylation is 1. The van der Waals surface area contributed by atoms with Crippen molar-refractivity contribution in [2.45, 2.75) is 13.5 Å². The molecule has 3 aromatic rings. The van der Waals surface area contributed by atoms with Gasteiger partial charge < -0.3 is 8.98 Å². The molecule has 0 aliphatic heterocycles. The number of Topliss-reactive ketones (excluding diaryl/α,β-unsaturated/α-hetero) is 1. The van der Waals surface area contributed by atoms with Gasteiger partial charge in [0, 0.05) is 11.2 Å². The number of furan rings is 1. The lowest BCUT2D eigenvalue weighted by molar-refractivity contribution is 0.0946. The summed E-state index contributed by atoms with van der Waals surface area (Å²) in [6.45, 7) is 2.32. The Balaban J connectivity index is 2.00. The van der Waals surface area contributed by atoms with Crippen LogP contribution in [0.1, 0.15) is 16.2 Å². The highest BCUT2D eigenvalue weighted by Crippen LogP contribution is 2.19. The number of aromatic nitrogens is 1. The van der Waals surface area contributed by atoms with Gasteiger partial charge in [0.25, 0.3) is 0 Å². The number of hydrogen-bond donors (Lipinski definition) is 0. The Morgan fingerprint density at radius 2 is 2.06 bits per heavy atom. The summed E-state index contributed by atoms with van der Waals surface area (Å²) in [7, 11) is 0. The van der Waals surface area contributed by atoms with Crippen molar-refractivity contribution in [1.29, 1.82) is 0 Å². The van der Waals surface area contributed by atoms with Crippen LogP contribution in [0.25, 0.3) is 10.9 Å². The second-order valence-electron chi connectivity index (χ2n) is 4.33. The number of benzene rings is 1. The maximum Gasteiger partial charge on any atom is 0.217 e. The van der Waals surface area contributed by atoms with Crippen LogP contribution >= 0.6 is 0 Å². The number of nitrogens with zero attached hydrogens (tertiary/aromatic N) is 1. The minimum atomic E-state index is -0.00977. The molecule has 0 spiro atoms. The van der Waals surface area contributed by atoms with Crippen LogP contribution in [0.2, 0.25) is 0 Å². The van der Waals surface area contributed by atoms with Gasteiger partial charge >= 0.3 is 0 Å². The first-order chi connectivity index (χ1) is 8.75. The number of ketones is 1. The first-order valence-corrected chi connectivity index (χ1v) is 5.87. The van der Waals surface area contributed by atoms with E-state index in [9.17, 15) is 4.79 Å². The summed E-state index contributed by atoms with van der Waals surface area (Å²) in [6.07, 6.45) is 1.52. The summed E-state index contributed by atoms with van der Waals surface area (Å²) in [6, 6.07) is 13.6. The van der Waals surface area contributed by atoms with Crippen molar-refractivity contribution in [2.75, 3.05) is 0 Å². The maximum atomic E-state index is 12.1. The van der Waals surface area contributed by atoms with Crippen LogP contribution in [-0.4, -0.2) is 10.4 Å². The Bertz CT molecular complexity index is 692. The van der Waals surface area contributed by atoms with E-state index in [4.69, 9.17) is 4.42 Å². The highest BCUT2D eigenvalue weighted by Gasteiger charge is 2.12. The second-order valence-corrected chi connectivity index (χ2v) is 4.33. The normalized spacial score (nSPS) is 10.9. The predicted molar refractivity (Wildman–Crippen MR) is 69.7 cm³/mol. The van der Waals surface area contributed by atoms with Gasteiger partial charge in [0.05, 0.1) is 12.8 Å². The van der Waals surface area contributed by atoms with Gasteiger partial charge in [-0.1, -0.05) is 18.2 Å². The lowest BCUT2D eigenvalue weighted by Gasteiger charge is -2.05. The van der Waals surface area contributed by atoms with Crippen LogP contribution in [0, 0.1) is 6.92 Å². The van der Waals surface area contributed by atoms with E-state index in [0.717, 1.165) is 16.6 Å². The fourth-order valence-electron chi connectivity index (χ4n) is 2.22. The van der Waals surface area contributed by atoms with Gasteiger partial charge in [-0.05, 0) is 36.6 Å². The van der Waals surface area contributed by atoms with E-state index in [1.807, 2.05) is 29.7 Å². The maximum absolute atomic E-state index is 12.1. The molecular weight excluding hydrogens is 226 g/mol. The van der Waals surface area contributed by atoms with Crippen LogP contribution in [0.4, 0.5) is 0 Å². The Morgan fingerprint density at radius 3 is 2.83 bits per heavy atom. The van der Waals surface area contributed by atoms with Crippen molar-refractivity contribution < 1.29 is 9.21 Å². The van der Waals surface area contributed by atoms with Crippen LogP contribution in [-0.2, 0) is 6.54 Å². The summed E-state index contributed by atoms with van der Waals surface area (Å²) < 4.78 is 7.15. The number of fused-ring (bicyclic) bond motifs is 1. The van der Waals surface area contributed by atoms with E-state index in [0.29, 0.717) is 12.3 Å². The topological polar surface area (TPSA) is 35.1 Å². The monoisotopic (exact) mass is 239 g/mol. The Hall–Kier alpha value is -2.29. The molecule has 0 bridgehead atoms. The average molecular weight is 239 g/mol. The second kappa shape index (κ2) is 4.18. The van der Waals surface area contributed by atoms with Crippen molar-refractivity contribution in [3.63, 3.8) is 0 Å². The zero-order valence-electron chi connectivity index (χ0n) is 10.1. The summed E-state index contributed by atoms with van der Waals surface area (Å²) in [5, 5.41) is 1.15. The lowest BCUT2D eigenvalue weighted by Crippen LogP contribution is -2.10. The molecule has 0 radical (unpaired) electrons. The highest BCUT2D eigenvalue weighted by atomic mass is 16.3. The highest BCUT2D eigenvalue weighted by molar-refractivity contribution is 5.94. The molecule has 90 valence electrons. The molecule has 18 heavy (non-hydrogen) atoms. The predicted octanol–water partition coefficient (Wildman–Crippen LogP) is 3.43. The van der Waals surface area contributed by atoms with E-state index >= 15 is 0 Å². The van der Waals surface area contributed by atoms with Crippen LogP contribution in [0.15, 0.2) is 53.1 Å². The first kappa shape index (κ1) is 10.8. The van der Waals surface area contributed by atoms with Crippen LogP contribution in [0.5, 0.6) is 0 Å². The van der Waals surface area contributed by atoms with E-state index in [-0.39, 0.29) is 5.78 Å². The van der Waals surface area contributed by atoms with Crippen LogP contribution < -0.4 is 0 Å². The number of para-hydroxylation sites is 1. The quantitative estimate of drug-likeness (QED) is 0.656. The summed E-state index contributed by atoms with van der Waals surface area (Å²) in [4.78, 5) is 12.1. The van der Waals surface area contributed by atoms with E-state index < -0.39 is 0 Å². The smallest absolute Gasteiger partial charge is 0.217 e. The number of carbonyl (C=O) groups is 1. The SMILES string of the molecule is Cc1cc2ccccc2n1CC(=O)c1ccco1. The molecular formula is C15H13NO2. The molecule has 0 aliphatic carbocycles. The molecule has 0 unspecified atom stereocenters. The molecule has 2 aromatic heterocycles. The molecule has 0 fully saturated rings. The zero-order chi connectivity index (χ0) is 12.5. The van der Waals surface area contributed by atoms with Gasteiger partial charge in [-0.25, -0.2) is 0 Å². The van der Waals surface area contributed by atoms with Crippen molar-refractivity contribution in [2.24, 2.45) is 0 Å². The fraction of sp³-hybridized carbons (Fsp3) is 0.133. The average Bonchev–Trinajstić information content (AvgIpc) is 2.98. The van der Waals surface area contributed by atoms with Crippen molar-refractivity contribution >= 4 is 16.7 Å². The van der Waals surface area contributed by atoms with E-state index in [1.54, 1.807) is 12.1 Å². The van der Waals surface area contributed by atoms with Crippen LogP contribution in [0.3, 0.4) is 0 Å². The van der Waals surface area contributed by atoms with Gasteiger partial charge in [-0.3, -0.25) is 4.79 Å². The van der Waals surface area contributed by atoms with Crippen molar-refractivity contribution in [3.05, 3.63) is 60.2 Å². The molecule has 3 heteroatoms. The number of carbonyl (C=O) groups excluding carboxylic acids is 1. The molecule has 0 atom stereocenters. The van der Waals surface area contributed by atoms with E-state index in [2.05, 4.69) is 12.1 Å². The van der Waals surface area contributed by atoms with Gasteiger partial charge in [0.2, 0.25) is 5.78 Å². The summed E-state index contributed by atoms with van der Waals surface area (Å²) in [5.41, 5.74) is 2.16. The van der Waals surface area contributed by atoms with Gasteiger partial charge in [0.15, 0.2) is 5.76 Å². The summed E-state index contributed by atoms with van der Waals surface area (Å²) >= 11 is 0. The molecule has 1 aromatic carbocycles. The molecule has 0 saturated heterocycles. The minimum Gasteiger partial charge on any atom is -0.461 e. The van der Waals surface area contributed by atoms with Gasteiger partial charge in [-0.15, -0.1) is 0 Å². The summed E-state index contributed by atoms with van der Waals surface area (Å²) in [5.74, 6) is 0.400. The third kappa shape index (κ3) is 1.74. The number of hydrogen-bond acceptors (Lipinski definition) is 2. The zero-order valence-corrected chi connectivity index (χ0v) is 10.1. The molecule has 0 amide bonds. The van der Waals surface area contributed by atoms with Crippen molar-refractivity contribution in [3.8, 4) is 0 Å². The number of rotatable bonds is 3. The van der Waals surface area contributed by atoms with Gasteiger partial charge in [0.1, 0.15) is 0 Å². The third-order valence-corrected chi connectivity index (χ3v) is 3.12. The minimum absolute atomic E-state index is 0.00977.